The fourth-order valence-electron chi connectivity index (χ4n) is 3.49. The first-order valence-corrected chi connectivity index (χ1v) is 10.5. The second-order valence-corrected chi connectivity index (χ2v) is 8.40. The van der Waals surface area contributed by atoms with Crippen LogP contribution >= 0.6 is 11.3 Å². The Morgan fingerprint density at radius 3 is 2.58 bits per heavy atom. The van der Waals surface area contributed by atoms with E-state index in [1.54, 1.807) is 35.4 Å². The maximum Gasteiger partial charge on any atom is 0.418 e. The van der Waals surface area contributed by atoms with Crippen molar-refractivity contribution in [2.24, 2.45) is 0 Å². The number of thiazole rings is 1. The van der Waals surface area contributed by atoms with E-state index >= 15 is 0 Å². The molecule has 1 aromatic heterocycles. The van der Waals surface area contributed by atoms with Crippen LogP contribution in [-0.2, 0) is 6.18 Å². The van der Waals surface area contributed by atoms with Crippen LogP contribution in [0.4, 0.5) is 29.7 Å². The third kappa shape index (κ3) is 4.81. The van der Waals surface area contributed by atoms with Gasteiger partial charge in [-0.1, -0.05) is 23.5 Å². The maximum atomic E-state index is 13.8. The van der Waals surface area contributed by atoms with Crippen molar-refractivity contribution in [2.45, 2.75) is 6.18 Å². The van der Waals surface area contributed by atoms with Gasteiger partial charge in [-0.2, -0.15) is 18.4 Å². The molecule has 4 rings (SSSR count). The molecule has 9 heteroatoms. The Hall–Kier alpha value is -3.09. The summed E-state index contributed by atoms with van der Waals surface area (Å²) in [6.07, 6.45) is -2.81. The summed E-state index contributed by atoms with van der Waals surface area (Å²) >= 11 is 1.32. The van der Waals surface area contributed by atoms with Gasteiger partial charge < -0.3 is 15.1 Å². The van der Waals surface area contributed by atoms with Crippen molar-refractivity contribution >= 4 is 27.8 Å². The minimum atomic E-state index is -4.46. The monoisotopic (exact) mass is 443 g/mol. The number of hydrogen-bond donors (Lipinski definition) is 1. The molecule has 1 aliphatic rings. The molecule has 0 aliphatic carbocycles. The van der Waals surface area contributed by atoms with Crippen molar-refractivity contribution in [3.05, 3.63) is 59.8 Å². The first kappa shape index (κ1) is 21.2. The molecule has 0 amide bonds. The third-order valence-corrected chi connectivity index (χ3v) is 6.14. The molecule has 1 aliphatic heterocycles. The van der Waals surface area contributed by atoms with Crippen molar-refractivity contribution in [3.8, 4) is 16.5 Å². The number of nitriles is 1. The second-order valence-electron chi connectivity index (χ2n) is 7.37. The van der Waals surface area contributed by atoms with E-state index in [-0.39, 0.29) is 5.69 Å². The molecule has 0 radical (unpaired) electrons. The largest absolute Gasteiger partial charge is 0.418 e. The topological polar surface area (TPSA) is 55.2 Å². The number of piperazine rings is 1. The quantitative estimate of drug-likeness (QED) is 0.601. The lowest BCUT2D eigenvalue weighted by Gasteiger charge is -2.35. The Labute approximate surface area is 182 Å². The van der Waals surface area contributed by atoms with Gasteiger partial charge in [-0.15, -0.1) is 0 Å². The summed E-state index contributed by atoms with van der Waals surface area (Å²) in [7, 11) is 1.97. The lowest BCUT2D eigenvalue weighted by atomic mass is 10.1. The summed E-state index contributed by atoms with van der Waals surface area (Å²) < 4.78 is 41.4. The number of nitrogens with zero attached hydrogens (tertiary/aromatic N) is 4. The predicted molar refractivity (Wildman–Crippen MR) is 117 cm³/mol. The molecular weight excluding hydrogens is 423 g/mol. The van der Waals surface area contributed by atoms with E-state index in [2.05, 4.69) is 21.3 Å². The molecule has 1 fully saturated rings. The number of anilines is 3. The minimum absolute atomic E-state index is 0.208. The molecular formula is C22H20F3N5S. The van der Waals surface area contributed by atoms with Gasteiger partial charge in [0.15, 0.2) is 5.13 Å². The van der Waals surface area contributed by atoms with E-state index in [4.69, 9.17) is 5.26 Å². The normalized spacial score (nSPS) is 15.0. The van der Waals surface area contributed by atoms with E-state index in [9.17, 15) is 13.2 Å². The molecule has 1 saturated heterocycles. The van der Waals surface area contributed by atoms with Crippen LogP contribution in [0.15, 0.2) is 48.7 Å². The lowest BCUT2D eigenvalue weighted by molar-refractivity contribution is -0.137. The van der Waals surface area contributed by atoms with Gasteiger partial charge >= 0.3 is 6.18 Å². The Bertz CT molecular complexity index is 1110. The Morgan fingerprint density at radius 2 is 1.87 bits per heavy atom. The van der Waals surface area contributed by atoms with E-state index in [1.165, 1.54) is 17.4 Å². The smallest absolute Gasteiger partial charge is 0.368 e. The molecule has 1 N–H and O–H groups in total. The zero-order valence-corrected chi connectivity index (χ0v) is 17.6. The van der Waals surface area contributed by atoms with Crippen molar-refractivity contribution in [1.82, 2.24) is 9.88 Å². The van der Waals surface area contributed by atoms with Gasteiger partial charge in [-0.25, -0.2) is 4.98 Å². The third-order valence-electron chi connectivity index (χ3n) is 5.18. The van der Waals surface area contributed by atoms with Gasteiger partial charge in [0.25, 0.3) is 0 Å². The van der Waals surface area contributed by atoms with Crippen LogP contribution in [0.2, 0.25) is 0 Å². The number of aromatic nitrogens is 1. The van der Waals surface area contributed by atoms with Gasteiger partial charge in [-0.3, -0.25) is 0 Å². The minimum Gasteiger partial charge on any atom is -0.368 e. The van der Waals surface area contributed by atoms with Crippen LogP contribution in [0.5, 0.6) is 0 Å². The average molecular weight is 443 g/mol. The van der Waals surface area contributed by atoms with E-state index in [0.29, 0.717) is 29.5 Å². The fourth-order valence-corrected chi connectivity index (χ4v) is 4.33. The zero-order chi connectivity index (χ0) is 22.0. The fraction of sp³-hybridized carbons (Fsp3) is 0.273. The second kappa shape index (κ2) is 8.57. The van der Waals surface area contributed by atoms with Crippen LogP contribution in [-0.4, -0.2) is 43.1 Å². The molecule has 160 valence electrons. The van der Waals surface area contributed by atoms with Crippen molar-refractivity contribution in [2.75, 3.05) is 43.4 Å². The van der Waals surface area contributed by atoms with Gasteiger partial charge in [0.1, 0.15) is 0 Å². The van der Waals surface area contributed by atoms with Gasteiger partial charge in [0.2, 0.25) is 0 Å². The number of halogens is 3. The first-order chi connectivity index (χ1) is 14.8. The Morgan fingerprint density at radius 1 is 1.10 bits per heavy atom. The SMILES string of the molecule is CN1CCN(c2ccc(Nc3ncc(-c4cccc(C#N)c4)s3)cc2C(F)(F)F)CC1. The van der Waals surface area contributed by atoms with Gasteiger partial charge in [-0.05, 0) is 42.9 Å². The van der Waals surface area contributed by atoms with Crippen LogP contribution in [0.1, 0.15) is 11.1 Å². The number of hydrogen-bond acceptors (Lipinski definition) is 6. The van der Waals surface area contributed by atoms with E-state index in [1.807, 2.05) is 13.1 Å². The molecule has 2 aromatic carbocycles. The van der Waals surface area contributed by atoms with Crippen LogP contribution < -0.4 is 10.2 Å². The van der Waals surface area contributed by atoms with Crippen LogP contribution in [0.3, 0.4) is 0 Å². The molecule has 5 nitrogen and oxygen atoms in total. The summed E-state index contributed by atoms with van der Waals surface area (Å²) in [6, 6.07) is 13.5. The molecule has 0 atom stereocenters. The number of benzene rings is 2. The van der Waals surface area contributed by atoms with Crippen molar-refractivity contribution in [3.63, 3.8) is 0 Å². The summed E-state index contributed by atoms with van der Waals surface area (Å²) in [5.74, 6) is 0. The summed E-state index contributed by atoms with van der Waals surface area (Å²) in [5.41, 5.74) is 1.26. The van der Waals surface area contributed by atoms with E-state index in [0.717, 1.165) is 29.6 Å². The average Bonchev–Trinajstić information content (AvgIpc) is 3.22. The molecule has 0 saturated carbocycles. The standard InChI is InChI=1S/C22H20F3N5S/c1-29-7-9-30(10-8-29)19-6-5-17(12-18(19)22(23,24)25)28-21-27-14-20(31-21)16-4-2-3-15(11-16)13-26/h2-6,11-12,14H,7-10H2,1H3,(H,27,28). The van der Waals surface area contributed by atoms with Crippen molar-refractivity contribution < 1.29 is 13.2 Å². The molecule has 0 spiro atoms. The highest BCUT2D eigenvalue weighted by Gasteiger charge is 2.35. The number of likely N-dealkylation sites (N-methyl/N-ethyl adjacent to an activating group) is 1. The molecule has 3 aromatic rings. The zero-order valence-electron chi connectivity index (χ0n) is 16.8. The molecule has 0 unspecified atom stereocenters. The molecule has 2 heterocycles. The number of nitrogens with one attached hydrogen (secondary N) is 1. The number of rotatable bonds is 4. The Kier molecular flexibility index (Phi) is 5.85. The van der Waals surface area contributed by atoms with E-state index < -0.39 is 11.7 Å². The summed E-state index contributed by atoms with van der Waals surface area (Å²) in [4.78, 5) is 9.00. The molecule has 31 heavy (non-hydrogen) atoms. The van der Waals surface area contributed by atoms with Crippen molar-refractivity contribution in [1.29, 1.82) is 5.26 Å². The van der Waals surface area contributed by atoms with Crippen LogP contribution in [0, 0.1) is 11.3 Å². The highest BCUT2D eigenvalue weighted by atomic mass is 32.1. The summed E-state index contributed by atoms with van der Waals surface area (Å²) in [6.45, 7) is 2.58. The Balaban J connectivity index is 1.58. The predicted octanol–water partition coefficient (Wildman–Crippen LogP) is 5.20. The molecule has 0 bridgehead atoms. The highest BCUT2D eigenvalue weighted by Crippen LogP contribution is 2.39. The van der Waals surface area contributed by atoms with Gasteiger partial charge in [0.05, 0.1) is 22.1 Å². The highest BCUT2D eigenvalue weighted by molar-refractivity contribution is 7.18. The summed E-state index contributed by atoms with van der Waals surface area (Å²) in [5, 5.41) is 12.5. The van der Waals surface area contributed by atoms with Gasteiger partial charge in [0, 0.05) is 43.8 Å². The lowest BCUT2D eigenvalue weighted by Crippen LogP contribution is -2.45. The first-order valence-electron chi connectivity index (χ1n) is 9.71. The number of alkyl halides is 3. The maximum absolute atomic E-state index is 13.8. The van der Waals surface area contributed by atoms with Crippen LogP contribution in [0.25, 0.3) is 10.4 Å².